The number of rotatable bonds is 3. The summed E-state index contributed by atoms with van der Waals surface area (Å²) >= 11 is 0. The maximum atomic E-state index is 12.7. The molecule has 7 heteroatoms. The first-order chi connectivity index (χ1) is 11.4. The van der Waals surface area contributed by atoms with Gasteiger partial charge in [0, 0.05) is 44.4 Å². The molecular weight excluding hydrogens is 308 g/mol. The van der Waals surface area contributed by atoms with Gasteiger partial charge in [-0.2, -0.15) is 0 Å². The largest absolute Gasteiger partial charge is 0.481 e. The van der Waals surface area contributed by atoms with Gasteiger partial charge in [-0.15, -0.1) is 0 Å². The van der Waals surface area contributed by atoms with E-state index in [1.807, 2.05) is 14.0 Å². The minimum Gasteiger partial charge on any atom is -0.481 e. The zero-order valence-corrected chi connectivity index (χ0v) is 14.0. The van der Waals surface area contributed by atoms with Crippen LogP contribution in [-0.4, -0.2) is 27.1 Å². The summed E-state index contributed by atoms with van der Waals surface area (Å²) in [5.74, 6) is 0.0500. The molecule has 3 heterocycles. The summed E-state index contributed by atoms with van der Waals surface area (Å²) in [7, 11) is 5.00. The monoisotopic (exact) mass is 326 g/mol. The first kappa shape index (κ1) is 15.8. The van der Waals surface area contributed by atoms with Crippen LogP contribution in [-0.2, 0) is 14.1 Å². The van der Waals surface area contributed by atoms with Gasteiger partial charge in [-0.1, -0.05) is 0 Å². The Balaban J connectivity index is 2.09. The molecule has 1 N–H and O–H groups in total. The van der Waals surface area contributed by atoms with Crippen molar-refractivity contribution in [3.05, 3.63) is 52.2 Å². The van der Waals surface area contributed by atoms with Crippen LogP contribution in [0.3, 0.4) is 0 Å². The zero-order chi connectivity index (χ0) is 17.4. The first-order valence-corrected chi connectivity index (χ1v) is 7.39. The van der Waals surface area contributed by atoms with E-state index in [4.69, 9.17) is 4.74 Å². The molecule has 124 valence electrons. The van der Waals surface area contributed by atoms with Crippen LogP contribution in [0.5, 0.6) is 5.88 Å². The molecule has 0 aliphatic heterocycles. The van der Waals surface area contributed by atoms with Gasteiger partial charge in [0.2, 0.25) is 5.88 Å². The van der Waals surface area contributed by atoms with Gasteiger partial charge in [-0.25, -0.2) is 4.98 Å². The standard InChI is InChI=1S/C17H18N4O3/c1-10-8-21(3)17(23)14-12(9-20(2)15(10)14)16(22)19-11-5-6-18-13(7-11)24-4/h5-9H,1-4H3,(H,18,19,22). The van der Waals surface area contributed by atoms with Gasteiger partial charge in [0.05, 0.1) is 23.6 Å². The number of methoxy groups -OCH3 is 1. The lowest BCUT2D eigenvalue weighted by molar-refractivity contribution is 0.102. The third-order valence-electron chi connectivity index (χ3n) is 3.92. The topological polar surface area (TPSA) is 78.1 Å². The molecule has 3 rings (SSSR count). The molecule has 24 heavy (non-hydrogen) atoms. The number of ether oxygens (including phenoxy) is 1. The van der Waals surface area contributed by atoms with E-state index in [-0.39, 0.29) is 11.5 Å². The molecule has 7 nitrogen and oxygen atoms in total. The minimum atomic E-state index is -0.350. The molecule has 0 aliphatic carbocycles. The Labute approximate surface area is 138 Å². The molecule has 0 aromatic carbocycles. The fourth-order valence-electron chi connectivity index (χ4n) is 2.87. The van der Waals surface area contributed by atoms with E-state index in [1.54, 1.807) is 42.3 Å². The molecular formula is C17H18N4O3. The zero-order valence-electron chi connectivity index (χ0n) is 14.0. The van der Waals surface area contributed by atoms with Crippen LogP contribution in [0.25, 0.3) is 10.9 Å². The molecule has 3 aromatic heterocycles. The van der Waals surface area contributed by atoms with Crippen LogP contribution in [0, 0.1) is 6.92 Å². The summed E-state index contributed by atoms with van der Waals surface area (Å²) in [6, 6.07) is 3.28. The SMILES string of the molecule is COc1cc(NC(=O)c2cn(C)c3c(C)cn(C)c(=O)c23)ccn1. The summed E-state index contributed by atoms with van der Waals surface area (Å²) in [5, 5.41) is 3.20. The fraction of sp³-hybridized carbons (Fsp3) is 0.235. The number of hydrogen-bond acceptors (Lipinski definition) is 4. The smallest absolute Gasteiger partial charge is 0.260 e. The number of nitrogens with zero attached hydrogens (tertiary/aromatic N) is 3. The number of amides is 1. The van der Waals surface area contributed by atoms with E-state index in [0.29, 0.717) is 22.5 Å². The Kier molecular flexibility index (Phi) is 3.84. The molecule has 1 amide bonds. The molecule has 0 unspecified atom stereocenters. The third kappa shape index (κ3) is 2.54. The predicted octanol–water partition coefficient (Wildman–Crippen LogP) is 1.84. The Morgan fingerprint density at radius 3 is 2.71 bits per heavy atom. The molecule has 0 radical (unpaired) electrons. The van der Waals surface area contributed by atoms with Crippen molar-refractivity contribution in [1.29, 1.82) is 0 Å². The van der Waals surface area contributed by atoms with Crippen LogP contribution < -0.4 is 15.6 Å². The number of aromatic nitrogens is 3. The molecule has 0 fully saturated rings. The molecule has 0 saturated carbocycles. The maximum Gasteiger partial charge on any atom is 0.260 e. The van der Waals surface area contributed by atoms with Crippen LogP contribution >= 0.6 is 0 Å². The second-order valence-electron chi connectivity index (χ2n) is 5.65. The number of aryl methyl sites for hydroxylation is 3. The molecule has 0 bridgehead atoms. The van der Waals surface area contributed by atoms with Gasteiger partial charge in [0.15, 0.2) is 0 Å². The molecule has 0 atom stereocenters. The van der Waals surface area contributed by atoms with E-state index < -0.39 is 0 Å². The Morgan fingerprint density at radius 1 is 1.25 bits per heavy atom. The van der Waals surface area contributed by atoms with Crippen LogP contribution in [0.2, 0.25) is 0 Å². The highest BCUT2D eigenvalue weighted by atomic mass is 16.5. The highest BCUT2D eigenvalue weighted by Crippen LogP contribution is 2.22. The van der Waals surface area contributed by atoms with E-state index in [9.17, 15) is 9.59 Å². The number of carbonyl (C=O) groups is 1. The number of fused-ring (bicyclic) bond motifs is 1. The lowest BCUT2D eigenvalue weighted by atomic mass is 10.1. The van der Waals surface area contributed by atoms with Gasteiger partial charge < -0.3 is 19.2 Å². The summed E-state index contributed by atoms with van der Waals surface area (Å²) in [5.41, 5.74) is 2.38. The quantitative estimate of drug-likeness (QED) is 0.796. The molecule has 0 aliphatic rings. The Morgan fingerprint density at radius 2 is 2.00 bits per heavy atom. The van der Waals surface area contributed by atoms with Gasteiger partial charge in [-0.3, -0.25) is 9.59 Å². The van der Waals surface area contributed by atoms with E-state index >= 15 is 0 Å². The highest BCUT2D eigenvalue weighted by molar-refractivity contribution is 6.13. The van der Waals surface area contributed by atoms with Gasteiger partial charge in [-0.05, 0) is 18.6 Å². The van der Waals surface area contributed by atoms with Gasteiger partial charge >= 0.3 is 0 Å². The van der Waals surface area contributed by atoms with E-state index in [0.717, 1.165) is 11.1 Å². The van der Waals surface area contributed by atoms with Crippen molar-refractivity contribution in [2.75, 3.05) is 12.4 Å². The maximum absolute atomic E-state index is 12.7. The predicted molar refractivity (Wildman–Crippen MR) is 91.6 cm³/mol. The van der Waals surface area contributed by atoms with Crippen molar-refractivity contribution in [2.24, 2.45) is 14.1 Å². The summed E-state index contributed by atoms with van der Waals surface area (Å²) in [6.45, 7) is 1.91. The summed E-state index contributed by atoms with van der Waals surface area (Å²) < 4.78 is 8.34. The van der Waals surface area contributed by atoms with Crippen molar-refractivity contribution in [3.63, 3.8) is 0 Å². The average molecular weight is 326 g/mol. The van der Waals surface area contributed by atoms with E-state index in [1.165, 1.54) is 11.7 Å². The minimum absolute atomic E-state index is 0.200. The molecule has 0 saturated heterocycles. The van der Waals surface area contributed by atoms with Crippen LogP contribution in [0.4, 0.5) is 5.69 Å². The first-order valence-electron chi connectivity index (χ1n) is 7.39. The highest BCUT2D eigenvalue weighted by Gasteiger charge is 2.19. The second-order valence-corrected chi connectivity index (χ2v) is 5.65. The summed E-state index contributed by atoms with van der Waals surface area (Å²) in [4.78, 5) is 29.2. The number of nitrogens with one attached hydrogen (secondary N) is 1. The fourth-order valence-corrected chi connectivity index (χ4v) is 2.87. The summed E-state index contributed by atoms with van der Waals surface area (Å²) in [6.07, 6.45) is 4.98. The van der Waals surface area contributed by atoms with Crippen LogP contribution in [0.15, 0.2) is 35.5 Å². The molecule has 0 spiro atoms. The lowest BCUT2D eigenvalue weighted by Crippen LogP contribution is -2.20. The Bertz CT molecular complexity index is 1000. The number of anilines is 1. The van der Waals surface area contributed by atoms with E-state index in [2.05, 4.69) is 10.3 Å². The van der Waals surface area contributed by atoms with Crippen molar-refractivity contribution in [1.82, 2.24) is 14.1 Å². The third-order valence-corrected chi connectivity index (χ3v) is 3.92. The number of pyridine rings is 2. The van der Waals surface area contributed by atoms with Crippen molar-refractivity contribution >= 4 is 22.5 Å². The van der Waals surface area contributed by atoms with Crippen LogP contribution in [0.1, 0.15) is 15.9 Å². The number of carbonyl (C=O) groups excluding carboxylic acids is 1. The van der Waals surface area contributed by atoms with Gasteiger partial charge in [0.25, 0.3) is 11.5 Å². The molecule has 3 aromatic rings. The Hall–Kier alpha value is -3.09. The van der Waals surface area contributed by atoms with Gasteiger partial charge in [0.1, 0.15) is 0 Å². The lowest BCUT2D eigenvalue weighted by Gasteiger charge is -2.06. The average Bonchev–Trinajstić information content (AvgIpc) is 2.91. The number of hydrogen-bond donors (Lipinski definition) is 1. The van der Waals surface area contributed by atoms with Crippen molar-refractivity contribution in [3.8, 4) is 5.88 Å². The normalized spacial score (nSPS) is 10.8. The van der Waals surface area contributed by atoms with Crippen molar-refractivity contribution < 1.29 is 9.53 Å². The second kappa shape index (κ2) is 5.84. The van der Waals surface area contributed by atoms with Crippen molar-refractivity contribution in [2.45, 2.75) is 6.92 Å².